The van der Waals surface area contributed by atoms with Gasteiger partial charge >= 0.3 is 6.18 Å². The van der Waals surface area contributed by atoms with E-state index in [0.717, 1.165) is 16.8 Å². The standard InChI is InChI=1S/C22H25F3N4O3/c1-15-4-3-5-18(16(15)2)27-19(30)13-28-8-10-29(11-9-28)21(31)17-6-7-20(26-12-17)32-14-22(23,24)25/h3-7,12H,8-11,13-14H2,1-2H3,(H,27,30). The van der Waals surface area contributed by atoms with Gasteiger partial charge in [0.1, 0.15) is 0 Å². The summed E-state index contributed by atoms with van der Waals surface area (Å²) in [6, 6.07) is 8.38. The van der Waals surface area contributed by atoms with E-state index in [4.69, 9.17) is 0 Å². The van der Waals surface area contributed by atoms with Crippen molar-refractivity contribution in [3.8, 4) is 5.88 Å². The minimum atomic E-state index is -4.45. The molecule has 2 heterocycles. The van der Waals surface area contributed by atoms with Gasteiger partial charge in [-0.15, -0.1) is 0 Å². The molecule has 1 fully saturated rings. The van der Waals surface area contributed by atoms with Gasteiger partial charge in [0.15, 0.2) is 6.61 Å². The molecule has 0 saturated carbocycles. The SMILES string of the molecule is Cc1cccc(NC(=O)CN2CCN(C(=O)c3ccc(OCC(F)(F)F)nc3)CC2)c1C. The lowest BCUT2D eigenvalue weighted by molar-refractivity contribution is -0.154. The van der Waals surface area contributed by atoms with Crippen molar-refractivity contribution in [2.45, 2.75) is 20.0 Å². The zero-order chi connectivity index (χ0) is 23.3. The number of nitrogens with one attached hydrogen (secondary N) is 1. The van der Waals surface area contributed by atoms with Crippen molar-refractivity contribution in [2.24, 2.45) is 0 Å². The number of aryl methyl sites for hydroxylation is 1. The number of anilines is 1. The Kier molecular flexibility index (Phi) is 7.34. The fourth-order valence-electron chi connectivity index (χ4n) is 3.32. The zero-order valence-corrected chi connectivity index (χ0v) is 17.9. The maximum Gasteiger partial charge on any atom is 0.422 e. The van der Waals surface area contributed by atoms with Gasteiger partial charge in [-0.25, -0.2) is 4.98 Å². The van der Waals surface area contributed by atoms with E-state index in [1.54, 1.807) is 4.90 Å². The van der Waals surface area contributed by atoms with Crippen LogP contribution in [0.15, 0.2) is 36.5 Å². The first-order chi connectivity index (χ1) is 15.1. The minimum Gasteiger partial charge on any atom is -0.468 e. The molecule has 7 nitrogen and oxygen atoms in total. The third kappa shape index (κ3) is 6.43. The summed E-state index contributed by atoms with van der Waals surface area (Å²) < 4.78 is 41.2. The lowest BCUT2D eigenvalue weighted by atomic mass is 10.1. The zero-order valence-electron chi connectivity index (χ0n) is 17.9. The first kappa shape index (κ1) is 23.5. The van der Waals surface area contributed by atoms with Crippen LogP contribution in [-0.2, 0) is 4.79 Å². The third-order valence-electron chi connectivity index (χ3n) is 5.27. The molecule has 32 heavy (non-hydrogen) atoms. The second kappa shape index (κ2) is 9.99. The van der Waals surface area contributed by atoms with Gasteiger partial charge in [0, 0.05) is 44.1 Å². The van der Waals surface area contributed by atoms with E-state index in [2.05, 4.69) is 15.0 Å². The molecule has 0 bridgehead atoms. The Bertz CT molecular complexity index is 956. The number of nitrogens with zero attached hydrogens (tertiary/aromatic N) is 3. The van der Waals surface area contributed by atoms with E-state index < -0.39 is 12.8 Å². The molecule has 1 saturated heterocycles. The number of aromatic nitrogens is 1. The summed E-state index contributed by atoms with van der Waals surface area (Å²) in [5, 5.41) is 2.93. The van der Waals surface area contributed by atoms with Crippen LogP contribution in [0.3, 0.4) is 0 Å². The highest BCUT2D eigenvalue weighted by molar-refractivity contribution is 5.94. The molecule has 0 atom stereocenters. The second-order valence-electron chi connectivity index (χ2n) is 7.65. The molecule has 0 spiro atoms. The first-order valence-corrected chi connectivity index (χ1v) is 10.2. The Morgan fingerprint density at radius 3 is 2.44 bits per heavy atom. The van der Waals surface area contributed by atoms with Crippen molar-refractivity contribution >= 4 is 17.5 Å². The molecule has 0 unspecified atom stereocenters. The number of benzene rings is 1. The van der Waals surface area contributed by atoms with E-state index in [0.29, 0.717) is 26.2 Å². The highest BCUT2D eigenvalue weighted by Gasteiger charge is 2.29. The van der Waals surface area contributed by atoms with E-state index in [9.17, 15) is 22.8 Å². The van der Waals surface area contributed by atoms with Crippen LogP contribution in [0.25, 0.3) is 0 Å². The summed E-state index contributed by atoms with van der Waals surface area (Å²) >= 11 is 0. The molecule has 10 heteroatoms. The molecular formula is C22H25F3N4O3. The molecule has 172 valence electrons. The third-order valence-corrected chi connectivity index (χ3v) is 5.27. The van der Waals surface area contributed by atoms with Crippen molar-refractivity contribution in [1.82, 2.24) is 14.8 Å². The Morgan fingerprint density at radius 1 is 1.09 bits per heavy atom. The fraction of sp³-hybridized carbons (Fsp3) is 0.409. The first-order valence-electron chi connectivity index (χ1n) is 10.2. The van der Waals surface area contributed by atoms with Gasteiger partial charge in [-0.1, -0.05) is 12.1 Å². The molecule has 0 radical (unpaired) electrons. The van der Waals surface area contributed by atoms with Gasteiger partial charge in [-0.2, -0.15) is 13.2 Å². The quantitative estimate of drug-likeness (QED) is 0.733. The van der Waals surface area contributed by atoms with Crippen LogP contribution < -0.4 is 10.1 Å². The number of piperazine rings is 1. The van der Waals surface area contributed by atoms with Crippen LogP contribution in [0.1, 0.15) is 21.5 Å². The predicted octanol–water partition coefficient (Wildman–Crippen LogP) is 3.04. The van der Waals surface area contributed by atoms with Crippen LogP contribution >= 0.6 is 0 Å². The molecule has 1 aromatic heterocycles. The largest absolute Gasteiger partial charge is 0.468 e. The van der Waals surface area contributed by atoms with Crippen LogP contribution in [0, 0.1) is 13.8 Å². The minimum absolute atomic E-state index is 0.114. The molecule has 1 N–H and O–H groups in total. The Balaban J connectivity index is 1.47. The van der Waals surface area contributed by atoms with Crippen molar-refractivity contribution < 1.29 is 27.5 Å². The predicted molar refractivity (Wildman–Crippen MR) is 113 cm³/mol. The number of ether oxygens (including phenoxy) is 1. The van der Waals surface area contributed by atoms with Crippen molar-refractivity contribution in [2.75, 3.05) is 44.6 Å². The summed E-state index contributed by atoms with van der Waals surface area (Å²) in [6.07, 6.45) is -3.25. The van der Waals surface area contributed by atoms with Crippen molar-refractivity contribution in [3.63, 3.8) is 0 Å². The maximum absolute atomic E-state index is 12.6. The highest BCUT2D eigenvalue weighted by atomic mass is 19.4. The van der Waals surface area contributed by atoms with Crippen molar-refractivity contribution in [3.05, 3.63) is 53.2 Å². The van der Waals surface area contributed by atoms with Gasteiger partial charge in [0.05, 0.1) is 12.1 Å². The van der Waals surface area contributed by atoms with Crippen LogP contribution in [0.5, 0.6) is 5.88 Å². The Hall–Kier alpha value is -3.14. The fourth-order valence-corrected chi connectivity index (χ4v) is 3.32. The summed E-state index contributed by atoms with van der Waals surface area (Å²) in [5.41, 5.74) is 3.19. The van der Waals surface area contributed by atoms with Crippen LogP contribution in [-0.4, -0.2) is 72.1 Å². The number of hydrogen-bond acceptors (Lipinski definition) is 5. The smallest absolute Gasteiger partial charge is 0.422 e. The molecule has 1 aliphatic rings. The maximum atomic E-state index is 12.6. The summed E-state index contributed by atoms with van der Waals surface area (Å²) in [7, 11) is 0. The van der Waals surface area contributed by atoms with Gasteiger partial charge in [-0.05, 0) is 37.1 Å². The van der Waals surface area contributed by atoms with Crippen molar-refractivity contribution in [1.29, 1.82) is 0 Å². The molecular weight excluding hydrogens is 425 g/mol. The highest BCUT2D eigenvalue weighted by Crippen LogP contribution is 2.19. The van der Waals surface area contributed by atoms with Gasteiger partial charge in [0.25, 0.3) is 5.91 Å². The summed E-state index contributed by atoms with van der Waals surface area (Å²) in [5.74, 6) is -0.574. The Morgan fingerprint density at radius 2 is 1.81 bits per heavy atom. The van der Waals surface area contributed by atoms with E-state index in [1.165, 1.54) is 18.3 Å². The second-order valence-corrected chi connectivity index (χ2v) is 7.65. The van der Waals surface area contributed by atoms with Gasteiger partial charge in [-0.3, -0.25) is 14.5 Å². The normalized spacial score (nSPS) is 14.8. The lowest BCUT2D eigenvalue weighted by Crippen LogP contribution is -2.50. The number of halogens is 3. The lowest BCUT2D eigenvalue weighted by Gasteiger charge is -2.34. The molecule has 3 rings (SSSR count). The number of pyridine rings is 1. The molecule has 2 amide bonds. The average molecular weight is 450 g/mol. The number of carbonyl (C=O) groups excluding carboxylic acids is 2. The molecule has 1 aliphatic heterocycles. The number of hydrogen-bond donors (Lipinski definition) is 1. The summed E-state index contributed by atoms with van der Waals surface area (Å²) in [6.45, 7) is 4.66. The number of alkyl halides is 3. The Labute approximate surface area is 184 Å². The van der Waals surface area contributed by atoms with E-state index in [-0.39, 0.29) is 29.8 Å². The van der Waals surface area contributed by atoms with Gasteiger partial charge < -0.3 is 15.0 Å². The van der Waals surface area contributed by atoms with E-state index >= 15 is 0 Å². The van der Waals surface area contributed by atoms with Crippen LogP contribution in [0.2, 0.25) is 0 Å². The monoisotopic (exact) mass is 450 g/mol. The molecule has 1 aromatic carbocycles. The molecule has 0 aliphatic carbocycles. The molecule has 2 aromatic rings. The summed E-state index contributed by atoms with van der Waals surface area (Å²) in [4.78, 5) is 32.4. The van der Waals surface area contributed by atoms with Gasteiger partial charge in [0.2, 0.25) is 11.8 Å². The number of carbonyl (C=O) groups is 2. The number of rotatable bonds is 6. The topological polar surface area (TPSA) is 74.8 Å². The van der Waals surface area contributed by atoms with Crippen LogP contribution in [0.4, 0.5) is 18.9 Å². The number of amides is 2. The average Bonchev–Trinajstić information content (AvgIpc) is 2.75. The van der Waals surface area contributed by atoms with E-state index in [1.807, 2.05) is 36.9 Å².